The maximum Gasteiger partial charge on any atom is 1.00 e. The molecule has 4 aromatic rings. The van der Waals surface area contributed by atoms with E-state index in [1.165, 1.54) is 49.6 Å². The number of amides is 2. The minimum Gasteiger partial charge on any atom is -1.00 e. The zero-order valence-corrected chi connectivity index (χ0v) is 31.6. The van der Waals surface area contributed by atoms with Crippen LogP contribution in [-0.2, 0) is 12.8 Å². The Kier molecular flexibility index (Phi) is 15.1. The van der Waals surface area contributed by atoms with Crippen LogP contribution < -0.4 is 34.3 Å². The first kappa shape index (κ1) is 40.4. The second kappa shape index (κ2) is 19.5. The largest absolute Gasteiger partial charge is 1.00 e. The number of nitrogens with zero attached hydrogens (tertiary/aromatic N) is 2. The monoisotopic (exact) mass is 720 g/mol. The van der Waals surface area contributed by atoms with Gasteiger partial charge in [-0.2, -0.15) is 0 Å². The van der Waals surface area contributed by atoms with Gasteiger partial charge in [0.05, 0.1) is 18.2 Å². The Bertz CT molecular complexity index is 1830. The summed E-state index contributed by atoms with van der Waals surface area (Å²) in [6.45, 7) is 2.54. The van der Waals surface area contributed by atoms with Crippen LogP contribution >= 0.6 is 0 Å². The van der Waals surface area contributed by atoms with Crippen LogP contribution in [0.4, 0.5) is 8.78 Å². The fraction of sp³-hybridized carbons (Fsp3) is 0.317. The van der Waals surface area contributed by atoms with E-state index in [1.807, 2.05) is 17.0 Å². The van der Waals surface area contributed by atoms with Gasteiger partial charge in [0.2, 0.25) is 0 Å². The zero-order chi connectivity index (χ0) is 36.3. The molecule has 8 nitrogen and oxygen atoms in total. The van der Waals surface area contributed by atoms with E-state index in [-0.39, 0.29) is 65.7 Å². The van der Waals surface area contributed by atoms with Gasteiger partial charge in [0.1, 0.15) is 35.7 Å². The summed E-state index contributed by atoms with van der Waals surface area (Å²) >= 11 is 0. The van der Waals surface area contributed by atoms with Crippen molar-refractivity contribution in [3.05, 3.63) is 130 Å². The number of carbonyl (C=O) groups excluding carboxylic acids is 4. The first-order valence-corrected chi connectivity index (χ1v) is 17.2. The molecule has 0 saturated carbocycles. The summed E-state index contributed by atoms with van der Waals surface area (Å²) in [4.78, 5) is 50.8. The van der Waals surface area contributed by atoms with Gasteiger partial charge in [0.25, 0.3) is 11.8 Å². The molecule has 0 atom stereocenters. The third kappa shape index (κ3) is 10.8. The topological polar surface area (TPSA) is 104 Å². The third-order valence-corrected chi connectivity index (χ3v) is 9.66. The molecule has 6 rings (SSSR count). The van der Waals surface area contributed by atoms with Gasteiger partial charge < -0.3 is 21.1 Å². The van der Waals surface area contributed by atoms with Crippen molar-refractivity contribution in [1.29, 1.82) is 0 Å². The molecule has 2 saturated heterocycles. The molecular weight excluding hydrogens is 677 g/mol. The molecule has 0 aliphatic carbocycles. The standard InChI is InChI=1S/C21H22FNO3.C20H20FNO3.Na.H/c1-26-20-7-4-17(14-24)13-19(20)21(25)23-10-8-16(9-11-23)12-15-2-5-18(22)6-3-15;21-17-4-1-14(2-5-17)11-15-7-9-22(10-8-15)20(25)18-12-16(13-23)3-6-19(18)24;;/h2-7,13-14,16H,8-12H2,1H3;1-6,12-13,15,24H,7-11H2;;/q;;+1;-1. The van der Waals surface area contributed by atoms with Gasteiger partial charge in [-0.3, -0.25) is 19.2 Å². The van der Waals surface area contributed by atoms with E-state index >= 15 is 0 Å². The van der Waals surface area contributed by atoms with E-state index in [4.69, 9.17) is 4.74 Å². The first-order valence-electron chi connectivity index (χ1n) is 17.2. The average Bonchev–Trinajstić information content (AvgIpc) is 3.17. The van der Waals surface area contributed by atoms with E-state index in [2.05, 4.69) is 0 Å². The number of ether oxygens (including phenoxy) is 1. The molecule has 11 heteroatoms. The van der Waals surface area contributed by atoms with E-state index < -0.39 is 0 Å². The van der Waals surface area contributed by atoms with E-state index in [1.54, 1.807) is 35.2 Å². The molecule has 2 aliphatic rings. The van der Waals surface area contributed by atoms with Gasteiger partial charge in [-0.25, -0.2) is 8.78 Å². The van der Waals surface area contributed by atoms with Gasteiger partial charge in [0, 0.05) is 37.3 Å². The van der Waals surface area contributed by atoms with Crippen molar-refractivity contribution in [2.75, 3.05) is 33.3 Å². The summed E-state index contributed by atoms with van der Waals surface area (Å²) in [5.74, 6) is 0.490. The Labute approximate surface area is 326 Å². The van der Waals surface area contributed by atoms with E-state index in [0.29, 0.717) is 66.7 Å². The number of aromatic hydroxyl groups is 1. The Hall–Kier alpha value is -4.38. The van der Waals surface area contributed by atoms with Crippen molar-refractivity contribution in [2.24, 2.45) is 11.8 Å². The summed E-state index contributed by atoms with van der Waals surface area (Å²) in [6.07, 6.45) is 6.67. The molecule has 2 aliphatic heterocycles. The van der Waals surface area contributed by atoms with Crippen LogP contribution in [0.3, 0.4) is 0 Å². The van der Waals surface area contributed by atoms with Crippen LogP contribution in [0.1, 0.15) is 79.7 Å². The van der Waals surface area contributed by atoms with Crippen molar-refractivity contribution in [3.63, 3.8) is 0 Å². The van der Waals surface area contributed by atoms with Gasteiger partial charge in [0.15, 0.2) is 0 Å². The number of methoxy groups -OCH3 is 1. The van der Waals surface area contributed by atoms with Crippen LogP contribution in [0, 0.1) is 23.5 Å². The molecule has 2 amide bonds. The third-order valence-electron chi connectivity index (χ3n) is 9.66. The Morgan fingerprint density at radius 1 is 0.692 bits per heavy atom. The molecule has 268 valence electrons. The second-order valence-corrected chi connectivity index (χ2v) is 13.1. The molecule has 0 aromatic heterocycles. The molecule has 0 spiro atoms. The summed E-state index contributed by atoms with van der Waals surface area (Å²) in [7, 11) is 1.52. The van der Waals surface area contributed by atoms with E-state index in [9.17, 15) is 33.1 Å². The first-order chi connectivity index (χ1) is 24.7. The van der Waals surface area contributed by atoms with Crippen LogP contribution in [0.25, 0.3) is 0 Å². The summed E-state index contributed by atoms with van der Waals surface area (Å²) in [6, 6.07) is 22.3. The summed E-state index contributed by atoms with van der Waals surface area (Å²) < 4.78 is 31.2. The maximum absolute atomic E-state index is 13.0. The Morgan fingerprint density at radius 2 is 1.10 bits per heavy atom. The zero-order valence-electron chi connectivity index (χ0n) is 30.6. The van der Waals surface area contributed by atoms with Crippen LogP contribution in [0.2, 0.25) is 0 Å². The quantitative estimate of drug-likeness (QED) is 0.205. The molecule has 4 aromatic carbocycles. The van der Waals surface area contributed by atoms with Crippen LogP contribution in [-0.4, -0.2) is 72.6 Å². The number of hydrogen-bond donors (Lipinski definition) is 1. The molecule has 0 radical (unpaired) electrons. The molecule has 52 heavy (non-hydrogen) atoms. The average molecular weight is 721 g/mol. The van der Waals surface area contributed by atoms with Crippen molar-refractivity contribution in [2.45, 2.75) is 38.5 Å². The predicted molar refractivity (Wildman–Crippen MR) is 190 cm³/mol. The SMILES string of the molecule is COc1ccc(C=O)cc1C(=O)N1CCC(Cc2ccc(F)cc2)CC1.O=Cc1ccc(O)c(C(=O)N2CCC(Cc3ccc(F)cc3)CC2)c1.[H-].[Na+]. The van der Waals surface area contributed by atoms with Crippen molar-refractivity contribution in [3.8, 4) is 11.5 Å². The molecular formula is C41H43F2N2NaO6. The summed E-state index contributed by atoms with van der Waals surface area (Å²) in [5, 5.41) is 9.91. The molecule has 2 heterocycles. The Balaban J connectivity index is 0.000000275. The number of aldehydes is 2. The smallest absolute Gasteiger partial charge is 1.00 e. The summed E-state index contributed by atoms with van der Waals surface area (Å²) in [5.41, 5.74) is 3.64. The molecule has 0 bridgehead atoms. The van der Waals surface area contributed by atoms with Crippen molar-refractivity contribution in [1.82, 2.24) is 9.80 Å². The van der Waals surface area contributed by atoms with E-state index in [0.717, 1.165) is 55.9 Å². The number of rotatable bonds is 9. The molecule has 0 unspecified atom stereocenters. The maximum atomic E-state index is 13.0. The number of likely N-dealkylation sites (tertiary alicyclic amines) is 2. The van der Waals surface area contributed by atoms with Crippen molar-refractivity contribution >= 4 is 24.4 Å². The van der Waals surface area contributed by atoms with Gasteiger partial charge in [-0.05, 0) is 122 Å². The second-order valence-electron chi connectivity index (χ2n) is 13.1. The number of phenols is 1. The number of piperidine rings is 2. The van der Waals surface area contributed by atoms with Gasteiger partial charge in [-0.15, -0.1) is 0 Å². The number of hydrogen-bond acceptors (Lipinski definition) is 6. The van der Waals surface area contributed by atoms with Crippen LogP contribution in [0.5, 0.6) is 11.5 Å². The normalized spacial score (nSPS) is 14.8. The fourth-order valence-corrected chi connectivity index (χ4v) is 6.69. The van der Waals surface area contributed by atoms with Crippen LogP contribution in [0.15, 0.2) is 84.9 Å². The minimum absolute atomic E-state index is 0. The fourth-order valence-electron chi connectivity index (χ4n) is 6.69. The predicted octanol–water partition coefficient (Wildman–Crippen LogP) is 4.30. The molecule has 2 fully saturated rings. The minimum atomic E-state index is -0.249. The van der Waals surface area contributed by atoms with Gasteiger partial charge in [-0.1, -0.05) is 24.3 Å². The number of halogens is 2. The van der Waals surface area contributed by atoms with Gasteiger partial charge >= 0.3 is 29.6 Å². The molecule has 1 N–H and O–H groups in total. The van der Waals surface area contributed by atoms with Crippen molar-refractivity contribution < 1.29 is 68.8 Å². The number of carbonyl (C=O) groups is 4. The number of benzene rings is 4. The Morgan fingerprint density at radius 3 is 1.52 bits per heavy atom. The number of phenolic OH excluding ortho intramolecular Hbond substituents is 1.